The first-order valence-corrected chi connectivity index (χ1v) is 9.66. The second-order valence-electron chi connectivity index (χ2n) is 7.08. The Morgan fingerprint density at radius 2 is 1.32 bits per heavy atom. The topological polar surface area (TPSA) is 42.3 Å². The van der Waals surface area contributed by atoms with Crippen LogP contribution < -0.4 is 10.5 Å². The Bertz CT molecular complexity index is 972. The van der Waals surface area contributed by atoms with Gasteiger partial charge in [-0.25, -0.2) is 0 Å². The lowest BCUT2D eigenvalue weighted by Crippen LogP contribution is -2.35. The number of aromatic nitrogens is 1. The summed E-state index contributed by atoms with van der Waals surface area (Å²) >= 11 is 0. The first kappa shape index (κ1) is 19.6. The molecule has 1 saturated heterocycles. The molecular formula is C24H26N2O2. The van der Waals surface area contributed by atoms with Crippen molar-refractivity contribution in [2.24, 2.45) is 0 Å². The van der Waals surface area contributed by atoms with Gasteiger partial charge in [-0.15, -0.1) is 0 Å². The van der Waals surface area contributed by atoms with Crippen molar-refractivity contribution in [3.05, 3.63) is 94.4 Å². The minimum atomic E-state index is -0.00338. The van der Waals surface area contributed by atoms with E-state index in [0.29, 0.717) is 6.42 Å². The van der Waals surface area contributed by atoms with Crippen LogP contribution in [0.4, 0.5) is 5.69 Å². The van der Waals surface area contributed by atoms with Gasteiger partial charge in [0.05, 0.1) is 0 Å². The fraction of sp³-hybridized carbons (Fsp3) is 0.250. The summed E-state index contributed by atoms with van der Waals surface area (Å²) in [6.07, 6.45) is 4.64. The average Bonchev–Trinajstić information content (AvgIpc) is 2.71. The third-order valence-corrected chi connectivity index (χ3v) is 4.80. The van der Waals surface area contributed by atoms with E-state index in [0.717, 1.165) is 30.8 Å². The molecule has 1 aromatic heterocycles. The molecule has 0 atom stereocenters. The molecule has 0 saturated carbocycles. The van der Waals surface area contributed by atoms with E-state index in [1.807, 2.05) is 54.3 Å². The van der Waals surface area contributed by atoms with E-state index in [4.69, 9.17) is 0 Å². The second-order valence-corrected chi connectivity index (χ2v) is 7.08. The zero-order valence-corrected chi connectivity index (χ0v) is 16.5. The smallest absolute Gasteiger partial charge is 0.255 e. The number of carbonyl (C=O) groups excluding carboxylic acids is 1. The molecule has 0 bridgehead atoms. The summed E-state index contributed by atoms with van der Waals surface area (Å²) in [5.41, 5.74) is 4.37. The molecule has 4 rings (SSSR count). The largest absolute Gasteiger partial charge is 0.312 e. The number of carbonyl (C=O) groups is 1. The van der Waals surface area contributed by atoms with Crippen molar-refractivity contribution in [3.8, 4) is 5.69 Å². The maximum absolute atomic E-state index is 11.6. The Hall–Kier alpha value is -3.14. The maximum atomic E-state index is 11.6. The molecule has 1 fully saturated rings. The Kier molecular flexibility index (Phi) is 6.43. The summed E-state index contributed by atoms with van der Waals surface area (Å²) in [4.78, 5) is 25.0. The molecule has 3 aromatic rings. The molecule has 1 aliphatic rings. The van der Waals surface area contributed by atoms with E-state index in [1.165, 1.54) is 11.1 Å². The van der Waals surface area contributed by atoms with Gasteiger partial charge in [-0.05, 0) is 57.0 Å². The predicted molar refractivity (Wildman–Crippen MR) is 114 cm³/mol. The molecule has 4 heteroatoms. The zero-order chi connectivity index (χ0) is 19.9. The van der Waals surface area contributed by atoms with Crippen LogP contribution in [0.15, 0.2) is 77.7 Å². The van der Waals surface area contributed by atoms with Gasteiger partial charge in [-0.3, -0.25) is 14.2 Å². The van der Waals surface area contributed by atoms with Crippen LogP contribution in [-0.2, 0) is 4.79 Å². The summed E-state index contributed by atoms with van der Waals surface area (Å²) in [5, 5.41) is 0. The lowest BCUT2D eigenvalue weighted by Gasteiger charge is -2.26. The van der Waals surface area contributed by atoms with Crippen molar-refractivity contribution in [1.29, 1.82) is 0 Å². The Morgan fingerprint density at radius 3 is 1.89 bits per heavy atom. The van der Waals surface area contributed by atoms with E-state index in [2.05, 4.69) is 19.1 Å². The summed E-state index contributed by atoms with van der Waals surface area (Å²) in [6, 6.07) is 21.2. The van der Waals surface area contributed by atoms with Gasteiger partial charge in [0.25, 0.3) is 5.56 Å². The van der Waals surface area contributed by atoms with E-state index >= 15 is 0 Å². The van der Waals surface area contributed by atoms with Gasteiger partial charge in [0.1, 0.15) is 0 Å². The highest BCUT2D eigenvalue weighted by Crippen LogP contribution is 2.20. The molecule has 1 amide bonds. The molecule has 1 aliphatic heterocycles. The van der Waals surface area contributed by atoms with Crippen LogP contribution in [0.2, 0.25) is 0 Å². The first-order chi connectivity index (χ1) is 13.5. The number of amides is 1. The third-order valence-electron chi connectivity index (χ3n) is 4.80. The molecule has 2 aromatic carbocycles. The van der Waals surface area contributed by atoms with Crippen molar-refractivity contribution in [2.45, 2.75) is 33.1 Å². The highest BCUT2D eigenvalue weighted by atomic mass is 16.2. The van der Waals surface area contributed by atoms with E-state index in [-0.39, 0.29) is 11.5 Å². The summed E-state index contributed by atoms with van der Waals surface area (Å²) < 4.78 is 1.62. The SMILES string of the molecule is Cc1ccc(-n2ccccc2=O)cc1.Cc1ccc(N2CCCCC2=O)cc1. The van der Waals surface area contributed by atoms with Gasteiger partial charge < -0.3 is 4.90 Å². The number of benzene rings is 2. The molecule has 2 heterocycles. The normalized spacial score (nSPS) is 13.6. The molecule has 28 heavy (non-hydrogen) atoms. The van der Waals surface area contributed by atoms with Gasteiger partial charge in [0, 0.05) is 36.6 Å². The van der Waals surface area contributed by atoms with Crippen LogP contribution in [-0.4, -0.2) is 17.0 Å². The predicted octanol–water partition coefficient (Wildman–Crippen LogP) is 4.66. The number of aryl methyl sites for hydroxylation is 2. The fourth-order valence-corrected chi connectivity index (χ4v) is 3.15. The quantitative estimate of drug-likeness (QED) is 0.655. The van der Waals surface area contributed by atoms with Crippen LogP contribution >= 0.6 is 0 Å². The van der Waals surface area contributed by atoms with Crippen molar-refractivity contribution in [2.75, 3.05) is 11.4 Å². The van der Waals surface area contributed by atoms with Crippen molar-refractivity contribution in [3.63, 3.8) is 0 Å². The van der Waals surface area contributed by atoms with Gasteiger partial charge in [0.15, 0.2) is 0 Å². The summed E-state index contributed by atoms with van der Waals surface area (Å²) in [5.74, 6) is 0.264. The lowest BCUT2D eigenvalue weighted by atomic mass is 10.1. The molecule has 0 unspecified atom stereocenters. The molecule has 0 N–H and O–H groups in total. The number of anilines is 1. The van der Waals surface area contributed by atoms with Crippen molar-refractivity contribution in [1.82, 2.24) is 4.57 Å². The van der Waals surface area contributed by atoms with E-state index in [1.54, 1.807) is 22.9 Å². The maximum Gasteiger partial charge on any atom is 0.255 e. The minimum absolute atomic E-state index is 0.00338. The Morgan fingerprint density at radius 1 is 0.714 bits per heavy atom. The molecule has 0 spiro atoms. The second kappa shape index (κ2) is 9.18. The van der Waals surface area contributed by atoms with E-state index in [9.17, 15) is 9.59 Å². The average molecular weight is 374 g/mol. The molecular weight excluding hydrogens is 348 g/mol. The lowest BCUT2D eigenvalue weighted by molar-refractivity contribution is -0.119. The Labute approximate surface area is 166 Å². The first-order valence-electron chi connectivity index (χ1n) is 9.66. The number of piperidine rings is 1. The van der Waals surface area contributed by atoms with Gasteiger partial charge in [0.2, 0.25) is 5.91 Å². The van der Waals surface area contributed by atoms with Crippen LogP contribution in [0, 0.1) is 13.8 Å². The third kappa shape index (κ3) is 4.97. The van der Waals surface area contributed by atoms with Crippen molar-refractivity contribution < 1.29 is 4.79 Å². The van der Waals surface area contributed by atoms with Gasteiger partial charge in [-0.2, -0.15) is 0 Å². The highest BCUT2D eigenvalue weighted by Gasteiger charge is 2.18. The summed E-state index contributed by atoms with van der Waals surface area (Å²) in [7, 11) is 0. The Balaban J connectivity index is 0.000000161. The standard InChI is InChI=1S/C12H15NO.C12H11NO/c2*1-10-5-7-11(8-6-10)13-9-3-2-4-12(13)14/h5-8H,2-4,9H2,1H3;2-9H,1H3. The van der Waals surface area contributed by atoms with Crippen LogP contribution in [0.5, 0.6) is 0 Å². The highest BCUT2D eigenvalue weighted by molar-refractivity contribution is 5.93. The number of nitrogens with zero attached hydrogens (tertiary/aromatic N) is 2. The monoisotopic (exact) mass is 374 g/mol. The fourth-order valence-electron chi connectivity index (χ4n) is 3.15. The minimum Gasteiger partial charge on any atom is -0.312 e. The summed E-state index contributed by atoms with van der Waals surface area (Å²) in [6.45, 7) is 4.96. The zero-order valence-electron chi connectivity index (χ0n) is 16.5. The number of rotatable bonds is 2. The molecule has 4 nitrogen and oxygen atoms in total. The van der Waals surface area contributed by atoms with Crippen LogP contribution in [0.25, 0.3) is 5.69 Å². The van der Waals surface area contributed by atoms with Gasteiger partial charge >= 0.3 is 0 Å². The van der Waals surface area contributed by atoms with E-state index < -0.39 is 0 Å². The van der Waals surface area contributed by atoms with Crippen LogP contribution in [0.1, 0.15) is 30.4 Å². The number of hydrogen-bond acceptors (Lipinski definition) is 2. The molecule has 0 aliphatic carbocycles. The number of hydrogen-bond donors (Lipinski definition) is 0. The molecule has 144 valence electrons. The van der Waals surface area contributed by atoms with Crippen LogP contribution in [0.3, 0.4) is 0 Å². The number of pyridine rings is 1. The molecule has 0 radical (unpaired) electrons. The van der Waals surface area contributed by atoms with Gasteiger partial charge in [-0.1, -0.05) is 41.5 Å². The van der Waals surface area contributed by atoms with Crippen molar-refractivity contribution >= 4 is 11.6 Å².